The van der Waals surface area contributed by atoms with Crippen molar-refractivity contribution in [1.29, 1.82) is 0 Å². The molecular weight excluding hydrogens is 486 g/mol. The lowest BCUT2D eigenvalue weighted by Gasteiger charge is -2.40. The number of nitrogens with one attached hydrogen (secondary N) is 2. The number of aliphatic imine (C=N–C) groups is 1. The number of aryl methyl sites for hydroxylation is 2. The largest absolute Gasteiger partial charge is 0.369 e. The Bertz CT molecular complexity index is 1300. The van der Waals surface area contributed by atoms with E-state index >= 15 is 0 Å². The van der Waals surface area contributed by atoms with Gasteiger partial charge >= 0.3 is 0 Å². The second kappa shape index (κ2) is 13.6. The van der Waals surface area contributed by atoms with E-state index in [9.17, 15) is 9.59 Å². The first-order valence-corrected chi connectivity index (χ1v) is 14.0. The fourth-order valence-corrected chi connectivity index (χ4v) is 5.77. The van der Waals surface area contributed by atoms with E-state index in [1.165, 1.54) is 12.8 Å². The molecule has 1 saturated carbocycles. The highest BCUT2D eigenvalue weighted by atomic mass is 16.1. The number of carbonyl (C=O) groups excluding carboxylic acids is 1. The van der Waals surface area contributed by atoms with E-state index in [0.29, 0.717) is 23.2 Å². The third-order valence-corrected chi connectivity index (χ3v) is 8.04. The van der Waals surface area contributed by atoms with Crippen molar-refractivity contribution in [2.45, 2.75) is 78.9 Å². The molecule has 0 bridgehead atoms. The zero-order valence-electron chi connectivity index (χ0n) is 24.7. The Morgan fingerprint density at radius 2 is 1.79 bits per heavy atom. The van der Waals surface area contributed by atoms with E-state index in [0.717, 1.165) is 53.0 Å². The van der Waals surface area contributed by atoms with Gasteiger partial charge in [-0.25, -0.2) is 0 Å². The highest BCUT2D eigenvalue weighted by Gasteiger charge is 2.28. The first-order valence-electron chi connectivity index (χ1n) is 14.0. The Kier molecular flexibility index (Phi) is 10.5. The molecule has 3 rings (SSSR count). The lowest BCUT2D eigenvalue weighted by atomic mass is 9.88. The molecule has 1 aromatic heterocycles. The molecule has 7 nitrogen and oxygen atoms in total. The molecule has 1 fully saturated rings. The van der Waals surface area contributed by atoms with E-state index < -0.39 is 0 Å². The minimum absolute atomic E-state index is 0.164. The molecule has 2 N–H and O–H groups in total. The number of hydrogen-bond acceptors (Lipinski definition) is 5. The summed E-state index contributed by atoms with van der Waals surface area (Å²) in [5.74, 6) is -0.191. The van der Waals surface area contributed by atoms with Crippen LogP contribution in [0.2, 0.25) is 0 Å². The summed E-state index contributed by atoms with van der Waals surface area (Å²) in [5, 5.41) is 3.02. The van der Waals surface area contributed by atoms with Crippen LogP contribution in [-0.4, -0.2) is 55.2 Å². The molecule has 210 valence electrons. The summed E-state index contributed by atoms with van der Waals surface area (Å²) in [5.41, 5.74) is 6.65. The standard InChI is InChI=1S/C32H45N5O2/c1-9-24(15-16-33-6)25-18-28(31(38)34-20-29-21(3)17-22(4)35-32(29)39)23(5)30(19-25)37(10-2)27-13-11-26(12-14-27)36(7)8/h9,15-19,26-27H,6,10-14,20H2,1-5,7-8H3,(H,34,38)(H,35,39)/b16-15-,24-9+/t26-,27-. The van der Waals surface area contributed by atoms with Crippen LogP contribution in [0.1, 0.15) is 77.8 Å². The van der Waals surface area contributed by atoms with Gasteiger partial charge in [-0.1, -0.05) is 6.08 Å². The molecule has 0 radical (unpaired) electrons. The SMILES string of the molecule is C=N/C=C\C(=C/C)c1cc(C(=O)NCc2c(C)cc(C)[nH]c2=O)c(C)c(N(CC)[C@H]2CC[C@H](N(C)C)CC2)c1. The number of H-pyrrole nitrogens is 1. The summed E-state index contributed by atoms with van der Waals surface area (Å²) in [6, 6.07) is 7.11. The number of anilines is 1. The number of hydrogen-bond donors (Lipinski definition) is 2. The van der Waals surface area contributed by atoms with Crippen LogP contribution in [0.5, 0.6) is 0 Å². The Labute approximate surface area is 233 Å². The van der Waals surface area contributed by atoms with Crippen molar-refractivity contribution in [3.05, 3.63) is 80.4 Å². The van der Waals surface area contributed by atoms with Gasteiger partial charge in [0.2, 0.25) is 0 Å². The number of rotatable bonds is 10. The fraction of sp³-hybridized carbons (Fsp3) is 0.469. The minimum Gasteiger partial charge on any atom is -0.369 e. The Balaban J connectivity index is 2.01. The number of aromatic amines is 1. The highest BCUT2D eigenvalue weighted by Crippen LogP contribution is 2.34. The van der Waals surface area contributed by atoms with Crippen molar-refractivity contribution in [3.8, 4) is 0 Å². The number of benzene rings is 1. The number of nitrogens with zero attached hydrogens (tertiary/aromatic N) is 3. The summed E-state index contributed by atoms with van der Waals surface area (Å²) in [6.45, 7) is 14.5. The van der Waals surface area contributed by atoms with Crippen LogP contribution in [0.4, 0.5) is 5.69 Å². The van der Waals surface area contributed by atoms with E-state index in [1.807, 2.05) is 52.0 Å². The molecule has 0 spiro atoms. The van der Waals surface area contributed by atoms with Gasteiger partial charge in [0.1, 0.15) is 0 Å². The first-order chi connectivity index (χ1) is 18.6. The minimum atomic E-state index is -0.191. The molecular formula is C32H45N5O2. The number of amides is 1. The summed E-state index contributed by atoms with van der Waals surface area (Å²) >= 11 is 0. The van der Waals surface area contributed by atoms with Crippen molar-refractivity contribution >= 4 is 23.9 Å². The second-order valence-corrected chi connectivity index (χ2v) is 10.7. The monoisotopic (exact) mass is 531 g/mol. The molecule has 1 aliphatic rings. The van der Waals surface area contributed by atoms with Crippen LogP contribution in [0.3, 0.4) is 0 Å². The van der Waals surface area contributed by atoms with Crippen LogP contribution in [0.15, 0.2) is 46.3 Å². The molecule has 0 saturated heterocycles. The van der Waals surface area contributed by atoms with Gasteiger partial charge in [-0.3, -0.25) is 14.6 Å². The number of carbonyl (C=O) groups is 1. The molecule has 39 heavy (non-hydrogen) atoms. The van der Waals surface area contributed by atoms with Gasteiger partial charge in [0.25, 0.3) is 11.5 Å². The maximum Gasteiger partial charge on any atom is 0.253 e. The first kappa shape index (κ1) is 30.1. The summed E-state index contributed by atoms with van der Waals surface area (Å²) in [4.78, 5) is 37.7. The van der Waals surface area contributed by atoms with Crippen molar-refractivity contribution in [3.63, 3.8) is 0 Å². The van der Waals surface area contributed by atoms with Gasteiger partial charge < -0.3 is 20.1 Å². The second-order valence-electron chi connectivity index (χ2n) is 10.7. The van der Waals surface area contributed by atoms with Gasteiger partial charge in [-0.2, -0.15) is 0 Å². The predicted molar refractivity (Wildman–Crippen MR) is 164 cm³/mol. The van der Waals surface area contributed by atoms with Crippen molar-refractivity contribution in [2.24, 2.45) is 4.99 Å². The summed E-state index contributed by atoms with van der Waals surface area (Å²) < 4.78 is 0. The lowest BCUT2D eigenvalue weighted by Crippen LogP contribution is -2.42. The molecule has 2 aromatic rings. The number of aromatic nitrogens is 1. The lowest BCUT2D eigenvalue weighted by molar-refractivity contribution is 0.0950. The maximum atomic E-state index is 13.6. The zero-order chi connectivity index (χ0) is 28.7. The third kappa shape index (κ3) is 7.15. The quantitative estimate of drug-likeness (QED) is 0.311. The van der Waals surface area contributed by atoms with Crippen LogP contribution in [-0.2, 0) is 6.54 Å². The molecule has 0 aliphatic heterocycles. The Hall–Kier alpha value is -3.45. The average Bonchev–Trinajstić information content (AvgIpc) is 2.90. The van der Waals surface area contributed by atoms with E-state index in [-0.39, 0.29) is 18.0 Å². The normalized spacial score (nSPS) is 18.0. The van der Waals surface area contributed by atoms with Gasteiger partial charge in [-0.05, 0) is 128 Å². The molecule has 7 heteroatoms. The molecule has 0 atom stereocenters. The van der Waals surface area contributed by atoms with Gasteiger partial charge in [0, 0.05) is 53.9 Å². The maximum absolute atomic E-state index is 13.6. The smallest absolute Gasteiger partial charge is 0.253 e. The molecule has 1 heterocycles. The van der Waals surface area contributed by atoms with E-state index in [4.69, 9.17) is 0 Å². The molecule has 0 unspecified atom stereocenters. The van der Waals surface area contributed by atoms with Crippen molar-refractivity contribution in [1.82, 2.24) is 15.2 Å². The molecule has 1 aliphatic carbocycles. The Morgan fingerprint density at radius 3 is 2.36 bits per heavy atom. The van der Waals surface area contributed by atoms with E-state index in [2.05, 4.69) is 58.9 Å². The highest BCUT2D eigenvalue weighted by molar-refractivity contribution is 5.98. The number of pyridine rings is 1. The third-order valence-electron chi connectivity index (χ3n) is 8.04. The zero-order valence-corrected chi connectivity index (χ0v) is 24.7. The van der Waals surface area contributed by atoms with Crippen LogP contribution >= 0.6 is 0 Å². The average molecular weight is 532 g/mol. The fourth-order valence-electron chi connectivity index (χ4n) is 5.77. The van der Waals surface area contributed by atoms with Crippen LogP contribution in [0.25, 0.3) is 5.57 Å². The Morgan fingerprint density at radius 1 is 1.13 bits per heavy atom. The topological polar surface area (TPSA) is 80.8 Å². The van der Waals surface area contributed by atoms with Gasteiger partial charge in [-0.15, -0.1) is 0 Å². The molecule has 1 aromatic carbocycles. The van der Waals surface area contributed by atoms with Crippen LogP contribution in [0, 0.1) is 20.8 Å². The van der Waals surface area contributed by atoms with E-state index in [1.54, 1.807) is 6.20 Å². The molecule has 1 amide bonds. The van der Waals surface area contributed by atoms with Crippen LogP contribution < -0.4 is 15.8 Å². The van der Waals surface area contributed by atoms with Gasteiger partial charge in [0.05, 0.1) is 0 Å². The summed E-state index contributed by atoms with van der Waals surface area (Å²) in [7, 11) is 4.33. The predicted octanol–water partition coefficient (Wildman–Crippen LogP) is 5.55. The van der Waals surface area contributed by atoms with Crippen molar-refractivity contribution in [2.75, 3.05) is 25.5 Å². The summed E-state index contributed by atoms with van der Waals surface area (Å²) in [6.07, 6.45) is 10.2. The van der Waals surface area contributed by atoms with Gasteiger partial charge in [0.15, 0.2) is 0 Å². The van der Waals surface area contributed by atoms with Crippen molar-refractivity contribution < 1.29 is 4.79 Å². The number of allylic oxidation sites excluding steroid dienone is 3.